The number of carboxylic acid groups (broad SMARTS) is 1. The van der Waals surface area contributed by atoms with Gasteiger partial charge in [-0.05, 0) is 0 Å². The van der Waals surface area contributed by atoms with Crippen LogP contribution in [-0.4, -0.2) is 49.2 Å². The van der Waals surface area contributed by atoms with Gasteiger partial charge in [-0.1, -0.05) is 0 Å². The summed E-state index contributed by atoms with van der Waals surface area (Å²) in [7, 11) is 0. The Morgan fingerprint density at radius 3 is 2.50 bits per heavy atom. The number of aliphatic hydroxyl groups excluding tert-OH is 2. The van der Waals surface area contributed by atoms with E-state index in [1.807, 2.05) is 4.98 Å². The molecule has 9 nitrogen and oxygen atoms in total. The van der Waals surface area contributed by atoms with Gasteiger partial charge in [0.2, 0.25) is 0 Å². The minimum absolute atomic E-state index is 0.640. The van der Waals surface area contributed by atoms with Crippen LogP contribution in [0.2, 0.25) is 0 Å². The SMILES string of the molecule is O=C(O)[C@@H]1O[C@H](n2ccc(=O)[nH]c2=O)C(O)C1O. The molecule has 1 aromatic heterocycles. The lowest BCUT2D eigenvalue weighted by Crippen LogP contribution is -2.38. The maximum absolute atomic E-state index is 11.4. The summed E-state index contributed by atoms with van der Waals surface area (Å²) < 4.78 is 5.70. The van der Waals surface area contributed by atoms with Crippen molar-refractivity contribution < 1.29 is 24.9 Å². The molecule has 2 rings (SSSR count). The largest absolute Gasteiger partial charge is 0.479 e. The van der Waals surface area contributed by atoms with Crippen molar-refractivity contribution in [2.45, 2.75) is 24.5 Å². The van der Waals surface area contributed by atoms with Crippen molar-refractivity contribution in [2.24, 2.45) is 0 Å². The van der Waals surface area contributed by atoms with Crippen molar-refractivity contribution in [2.75, 3.05) is 0 Å². The van der Waals surface area contributed by atoms with Crippen LogP contribution in [0.3, 0.4) is 0 Å². The van der Waals surface area contributed by atoms with Gasteiger partial charge in [0.1, 0.15) is 12.2 Å². The summed E-state index contributed by atoms with van der Waals surface area (Å²) in [5, 5.41) is 27.8. The fourth-order valence-corrected chi connectivity index (χ4v) is 1.72. The molecule has 1 fully saturated rings. The van der Waals surface area contributed by atoms with E-state index in [9.17, 15) is 24.6 Å². The third-order valence-corrected chi connectivity index (χ3v) is 2.61. The van der Waals surface area contributed by atoms with Crippen molar-refractivity contribution in [3.63, 3.8) is 0 Å². The summed E-state index contributed by atoms with van der Waals surface area (Å²) >= 11 is 0. The smallest absolute Gasteiger partial charge is 0.335 e. The molecule has 4 atom stereocenters. The minimum atomic E-state index is -1.66. The summed E-state index contributed by atoms with van der Waals surface area (Å²) in [6.45, 7) is 0. The number of rotatable bonds is 2. The molecule has 98 valence electrons. The van der Waals surface area contributed by atoms with E-state index in [0.29, 0.717) is 0 Å². The molecular weight excluding hydrogens is 248 g/mol. The highest BCUT2D eigenvalue weighted by molar-refractivity contribution is 5.73. The number of ether oxygens (including phenoxy) is 1. The van der Waals surface area contributed by atoms with Crippen LogP contribution in [0, 0.1) is 0 Å². The zero-order chi connectivity index (χ0) is 13.4. The van der Waals surface area contributed by atoms with Gasteiger partial charge < -0.3 is 20.1 Å². The highest BCUT2D eigenvalue weighted by Gasteiger charge is 2.47. The first kappa shape index (κ1) is 12.5. The Bertz CT molecular complexity index is 577. The number of nitrogens with one attached hydrogen (secondary N) is 1. The molecule has 0 saturated carbocycles. The Labute approximate surface area is 98.9 Å². The summed E-state index contributed by atoms with van der Waals surface area (Å²) in [4.78, 5) is 35.0. The Morgan fingerprint density at radius 2 is 2.00 bits per heavy atom. The molecule has 2 unspecified atom stereocenters. The van der Waals surface area contributed by atoms with Crippen LogP contribution in [-0.2, 0) is 9.53 Å². The Morgan fingerprint density at radius 1 is 1.33 bits per heavy atom. The van der Waals surface area contributed by atoms with Crippen LogP contribution in [0.5, 0.6) is 0 Å². The van der Waals surface area contributed by atoms with Crippen LogP contribution in [0.1, 0.15) is 6.23 Å². The average molecular weight is 258 g/mol. The third kappa shape index (κ3) is 1.94. The van der Waals surface area contributed by atoms with E-state index in [-0.39, 0.29) is 0 Å². The predicted octanol–water partition coefficient (Wildman–Crippen LogP) is -2.76. The standard InChI is InChI=1S/C9H10N2O7/c12-3-1-2-11(9(17)10-3)7-5(14)4(13)6(18-7)8(15)16/h1-2,4-7,13-14H,(H,15,16)(H,10,12,17)/t4?,5?,6-,7+/m1/s1. The Balaban J connectivity index is 2.38. The fourth-order valence-electron chi connectivity index (χ4n) is 1.72. The number of aromatic nitrogens is 2. The number of carboxylic acids is 1. The van der Waals surface area contributed by atoms with Crippen LogP contribution in [0.25, 0.3) is 0 Å². The van der Waals surface area contributed by atoms with E-state index in [1.54, 1.807) is 0 Å². The number of aromatic amines is 1. The second-order valence-corrected chi connectivity index (χ2v) is 3.78. The van der Waals surface area contributed by atoms with Gasteiger partial charge in [0.25, 0.3) is 5.56 Å². The number of aliphatic carboxylic acids is 1. The summed E-state index contributed by atoms with van der Waals surface area (Å²) in [5.74, 6) is -1.46. The normalized spacial score (nSPS) is 31.4. The molecule has 1 aliphatic heterocycles. The molecule has 1 aromatic rings. The van der Waals surface area contributed by atoms with Gasteiger partial charge in [0, 0.05) is 12.3 Å². The monoisotopic (exact) mass is 258 g/mol. The first-order valence-electron chi connectivity index (χ1n) is 4.97. The van der Waals surface area contributed by atoms with Crippen LogP contribution >= 0.6 is 0 Å². The van der Waals surface area contributed by atoms with Gasteiger partial charge in [0.05, 0.1) is 0 Å². The fraction of sp³-hybridized carbons (Fsp3) is 0.444. The summed E-state index contributed by atoms with van der Waals surface area (Å²) in [6, 6.07) is 1.01. The van der Waals surface area contributed by atoms with Crippen molar-refractivity contribution in [1.82, 2.24) is 9.55 Å². The number of hydrogen-bond acceptors (Lipinski definition) is 6. The van der Waals surface area contributed by atoms with Crippen molar-refractivity contribution in [3.8, 4) is 0 Å². The Hall–Kier alpha value is -1.97. The predicted molar refractivity (Wildman–Crippen MR) is 54.9 cm³/mol. The quantitative estimate of drug-likeness (QED) is 0.450. The summed E-state index contributed by atoms with van der Waals surface area (Å²) in [6.07, 6.45) is -5.21. The maximum Gasteiger partial charge on any atom is 0.335 e. The number of carbonyl (C=O) groups is 1. The third-order valence-electron chi connectivity index (χ3n) is 2.61. The molecular formula is C9H10N2O7. The van der Waals surface area contributed by atoms with Gasteiger partial charge >= 0.3 is 11.7 Å². The van der Waals surface area contributed by atoms with Crippen molar-refractivity contribution in [3.05, 3.63) is 33.1 Å². The number of aliphatic hydroxyl groups is 2. The van der Waals surface area contributed by atoms with E-state index in [2.05, 4.69) is 0 Å². The molecule has 0 amide bonds. The van der Waals surface area contributed by atoms with Gasteiger partial charge in [-0.3, -0.25) is 14.3 Å². The van der Waals surface area contributed by atoms with Gasteiger partial charge in [-0.15, -0.1) is 0 Å². The molecule has 9 heteroatoms. The van der Waals surface area contributed by atoms with Crippen LogP contribution < -0.4 is 11.2 Å². The van der Waals surface area contributed by atoms with Crippen molar-refractivity contribution >= 4 is 5.97 Å². The van der Waals surface area contributed by atoms with Crippen molar-refractivity contribution in [1.29, 1.82) is 0 Å². The molecule has 1 aliphatic rings. The van der Waals surface area contributed by atoms with Gasteiger partial charge in [-0.2, -0.15) is 0 Å². The molecule has 0 radical (unpaired) electrons. The van der Waals surface area contributed by atoms with E-state index >= 15 is 0 Å². The molecule has 4 N–H and O–H groups in total. The average Bonchev–Trinajstić information content (AvgIpc) is 2.57. The zero-order valence-electron chi connectivity index (χ0n) is 8.89. The number of hydrogen-bond donors (Lipinski definition) is 4. The second kappa shape index (κ2) is 4.37. The molecule has 1 saturated heterocycles. The lowest BCUT2D eigenvalue weighted by Gasteiger charge is -2.16. The van der Waals surface area contributed by atoms with Crippen LogP contribution in [0.15, 0.2) is 21.9 Å². The topological polar surface area (TPSA) is 142 Å². The van der Waals surface area contributed by atoms with Gasteiger partial charge in [0.15, 0.2) is 12.3 Å². The molecule has 0 spiro atoms. The van der Waals surface area contributed by atoms with Crippen LogP contribution in [0.4, 0.5) is 0 Å². The molecule has 0 bridgehead atoms. The van der Waals surface area contributed by atoms with E-state index in [1.165, 1.54) is 0 Å². The highest BCUT2D eigenvalue weighted by atomic mass is 16.6. The Kier molecular flexibility index (Phi) is 3.03. The first-order chi connectivity index (χ1) is 8.41. The summed E-state index contributed by atoms with van der Waals surface area (Å²) in [5.41, 5.74) is -1.51. The first-order valence-corrected chi connectivity index (χ1v) is 4.97. The number of H-pyrrole nitrogens is 1. The lowest BCUT2D eigenvalue weighted by atomic mass is 10.1. The molecule has 2 heterocycles. The van der Waals surface area contributed by atoms with E-state index < -0.39 is 41.8 Å². The maximum atomic E-state index is 11.4. The second-order valence-electron chi connectivity index (χ2n) is 3.78. The lowest BCUT2D eigenvalue weighted by molar-refractivity contribution is -0.155. The minimum Gasteiger partial charge on any atom is -0.479 e. The van der Waals surface area contributed by atoms with Gasteiger partial charge in [-0.25, -0.2) is 9.59 Å². The highest BCUT2D eigenvalue weighted by Crippen LogP contribution is 2.28. The number of nitrogens with zero attached hydrogens (tertiary/aromatic N) is 1. The van der Waals surface area contributed by atoms with E-state index in [0.717, 1.165) is 16.8 Å². The molecule has 0 aliphatic carbocycles. The zero-order valence-corrected chi connectivity index (χ0v) is 8.89. The molecule has 0 aromatic carbocycles. The van der Waals surface area contributed by atoms with E-state index in [4.69, 9.17) is 9.84 Å². The molecule has 18 heavy (non-hydrogen) atoms.